The molecule has 2 heterocycles. The molecule has 5 heteroatoms. The largest absolute Gasteiger partial charge is 0.478 e. The summed E-state index contributed by atoms with van der Waals surface area (Å²) in [4.78, 5) is 8.55. The van der Waals surface area contributed by atoms with E-state index in [1.54, 1.807) is 12.3 Å². The van der Waals surface area contributed by atoms with Gasteiger partial charge >= 0.3 is 0 Å². The van der Waals surface area contributed by atoms with E-state index >= 15 is 0 Å². The minimum Gasteiger partial charge on any atom is -0.478 e. The van der Waals surface area contributed by atoms with Crippen LogP contribution in [0.3, 0.4) is 0 Å². The lowest BCUT2D eigenvalue weighted by molar-refractivity contribution is 0.305. The third-order valence-electron chi connectivity index (χ3n) is 2.98. The molecule has 0 bridgehead atoms. The number of anilines is 1. The Morgan fingerprint density at radius 3 is 2.85 bits per heavy atom. The van der Waals surface area contributed by atoms with Crippen LogP contribution in [0.1, 0.15) is 43.4 Å². The van der Waals surface area contributed by atoms with Gasteiger partial charge in [-0.05, 0) is 33.3 Å². The van der Waals surface area contributed by atoms with Crippen LogP contribution in [-0.4, -0.2) is 16.6 Å². The first kappa shape index (κ1) is 14.4. The van der Waals surface area contributed by atoms with Crippen LogP contribution in [0.4, 0.5) is 5.95 Å². The monoisotopic (exact) mass is 275 g/mol. The van der Waals surface area contributed by atoms with Crippen molar-refractivity contribution in [2.45, 2.75) is 40.2 Å². The lowest BCUT2D eigenvalue weighted by Gasteiger charge is -2.13. The van der Waals surface area contributed by atoms with Crippen LogP contribution >= 0.6 is 0 Å². The van der Waals surface area contributed by atoms with Crippen molar-refractivity contribution in [3.8, 4) is 5.88 Å². The van der Waals surface area contributed by atoms with Gasteiger partial charge in [-0.3, -0.25) is 0 Å². The fraction of sp³-hybridized carbons (Fsp3) is 0.467. The van der Waals surface area contributed by atoms with E-state index in [1.807, 2.05) is 19.9 Å². The number of aromatic nitrogens is 2. The third-order valence-corrected chi connectivity index (χ3v) is 2.98. The topological polar surface area (TPSA) is 60.2 Å². The summed E-state index contributed by atoms with van der Waals surface area (Å²) >= 11 is 0. The van der Waals surface area contributed by atoms with Crippen molar-refractivity contribution in [1.29, 1.82) is 0 Å². The van der Waals surface area contributed by atoms with Crippen LogP contribution in [-0.2, 0) is 0 Å². The van der Waals surface area contributed by atoms with E-state index in [0.29, 0.717) is 18.4 Å². The zero-order chi connectivity index (χ0) is 14.5. The summed E-state index contributed by atoms with van der Waals surface area (Å²) in [7, 11) is 0. The minimum absolute atomic E-state index is 0.0777. The molecule has 2 aromatic heterocycles. The van der Waals surface area contributed by atoms with Crippen LogP contribution < -0.4 is 10.1 Å². The second-order valence-electron chi connectivity index (χ2n) is 4.80. The molecule has 20 heavy (non-hydrogen) atoms. The predicted octanol–water partition coefficient (Wildman–Crippen LogP) is 3.65. The van der Waals surface area contributed by atoms with Gasteiger partial charge in [-0.1, -0.05) is 6.92 Å². The van der Waals surface area contributed by atoms with E-state index < -0.39 is 0 Å². The maximum atomic E-state index is 5.54. The Labute approximate surface area is 119 Å². The molecule has 0 saturated carbocycles. The average molecular weight is 275 g/mol. The molecule has 0 radical (unpaired) electrons. The van der Waals surface area contributed by atoms with Gasteiger partial charge in [-0.15, -0.1) is 0 Å². The minimum atomic E-state index is 0.0777. The van der Waals surface area contributed by atoms with Crippen molar-refractivity contribution in [1.82, 2.24) is 9.97 Å². The molecule has 2 aromatic rings. The molecule has 0 amide bonds. The molecule has 0 aliphatic heterocycles. The number of ether oxygens (including phenoxy) is 1. The summed E-state index contributed by atoms with van der Waals surface area (Å²) in [6.45, 7) is 8.68. The number of aryl methyl sites for hydroxylation is 2. The van der Waals surface area contributed by atoms with Crippen LogP contribution in [0.25, 0.3) is 0 Å². The summed E-state index contributed by atoms with van der Waals surface area (Å²) in [6, 6.07) is 3.87. The highest BCUT2D eigenvalue weighted by atomic mass is 16.5. The van der Waals surface area contributed by atoms with Crippen molar-refractivity contribution in [3.63, 3.8) is 0 Å². The van der Waals surface area contributed by atoms with Crippen molar-refractivity contribution < 1.29 is 9.15 Å². The first-order valence-electron chi connectivity index (χ1n) is 6.89. The first-order chi connectivity index (χ1) is 9.60. The van der Waals surface area contributed by atoms with Gasteiger partial charge in [-0.2, -0.15) is 4.98 Å². The number of rotatable bonds is 6. The third kappa shape index (κ3) is 3.50. The molecule has 1 N–H and O–H groups in total. The van der Waals surface area contributed by atoms with Gasteiger partial charge in [0.2, 0.25) is 11.8 Å². The van der Waals surface area contributed by atoms with Gasteiger partial charge in [0.15, 0.2) is 0 Å². The van der Waals surface area contributed by atoms with E-state index in [0.717, 1.165) is 23.5 Å². The number of hydrogen-bond acceptors (Lipinski definition) is 5. The van der Waals surface area contributed by atoms with Gasteiger partial charge in [0.25, 0.3) is 0 Å². The van der Waals surface area contributed by atoms with Crippen LogP contribution in [0.15, 0.2) is 22.7 Å². The molecule has 1 unspecified atom stereocenters. The second-order valence-corrected chi connectivity index (χ2v) is 4.80. The molecule has 1 atom stereocenters. The Morgan fingerprint density at radius 1 is 1.40 bits per heavy atom. The molecular formula is C15H21N3O2. The lowest BCUT2D eigenvalue weighted by Crippen LogP contribution is -2.10. The van der Waals surface area contributed by atoms with Gasteiger partial charge in [-0.25, -0.2) is 4.98 Å². The molecule has 0 saturated heterocycles. The SMILES string of the molecule is CCCOc1ccnc(NC(C)c2cc(C)oc2C)n1. The zero-order valence-corrected chi connectivity index (χ0v) is 12.4. The van der Waals surface area contributed by atoms with Gasteiger partial charge in [0.1, 0.15) is 11.5 Å². The average Bonchev–Trinajstić information content (AvgIpc) is 2.76. The van der Waals surface area contributed by atoms with E-state index in [1.165, 1.54) is 0 Å². The van der Waals surface area contributed by atoms with E-state index in [4.69, 9.17) is 9.15 Å². The normalized spacial score (nSPS) is 12.2. The van der Waals surface area contributed by atoms with Crippen LogP contribution in [0, 0.1) is 13.8 Å². The number of nitrogens with zero attached hydrogens (tertiary/aromatic N) is 2. The predicted molar refractivity (Wildman–Crippen MR) is 78.0 cm³/mol. The van der Waals surface area contributed by atoms with E-state index in [2.05, 4.69) is 29.1 Å². The fourth-order valence-corrected chi connectivity index (χ4v) is 2.05. The van der Waals surface area contributed by atoms with Crippen LogP contribution in [0.2, 0.25) is 0 Å². The molecule has 2 rings (SSSR count). The van der Waals surface area contributed by atoms with E-state index in [9.17, 15) is 0 Å². The quantitative estimate of drug-likeness (QED) is 0.872. The molecule has 0 aliphatic rings. The van der Waals surface area contributed by atoms with Crippen molar-refractivity contribution in [2.75, 3.05) is 11.9 Å². The van der Waals surface area contributed by atoms with E-state index in [-0.39, 0.29) is 6.04 Å². The highest BCUT2D eigenvalue weighted by Crippen LogP contribution is 2.24. The van der Waals surface area contributed by atoms with Gasteiger partial charge in [0, 0.05) is 17.8 Å². The Kier molecular flexibility index (Phi) is 4.61. The molecule has 0 spiro atoms. The van der Waals surface area contributed by atoms with Crippen molar-refractivity contribution in [2.24, 2.45) is 0 Å². The number of furan rings is 1. The number of hydrogen-bond donors (Lipinski definition) is 1. The highest BCUT2D eigenvalue weighted by Gasteiger charge is 2.13. The number of nitrogens with one attached hydrogen (secondary N) is 1. The fourth-order valence-electron chi connectivity index (χ4n) is 2.05. The van der Waals surface area contributed by atoms with Gasteiger partial charge < -0.3 is 14.5 Å². The smallest absolute Gasteiger partial charge is 0.226 e. The maximum Gasteiger partial charge on any atom is 0.226 e. The molecule has 0 aliphatic carbocycles. The standard InChI is InChI=1S/C15H21N3O2/c1-5-8-19-14-6-7-16-15(18-14)17-11(3)13-9-10(2)20-12(13)4/h6-7,9,11H,5,8H2,1-4H3,(H,16,17,18). The first-order valence-corrected chi connectivity index (χ1v) is 6.89. The Morgan fingerprint density at radius 2 is 2.20 bits per heavy atom. The van der Waals surface area contributed by atoms with Gasteiger partial charge in [0.05, 0.1) is 12.6 Å². The Balaban J connectivity index is 2.07. The van der Waals surface area contributed by atoms with Crippen molar-refractivity contribution >= 4 is 5.95 Å². The summed E-state index contributed by atoms with van der Waals surface area (Å²) in [6.07, 6.45) is 2.65. The molecule has 0 aromatic carbocycles. The Hall–Kier alpha value is -2.04. The lowest BCUT2D eigenvalue weighted by atomic mass is 10.1. The molecule has 108 valence electrons. The molecule has 5 nitrogen and oxygen atoms in total. The molecule has 0 fully saturated rings. The van der Waals surface area contributed by atoms with Crippen LogP contribution in [0.5, 0.6) is 5.88 Å². The summed E-state index contributed by atoms with van der Waals surface area (Å²) in [5.41, 5.74) is 1.12. The summed E-state index contributed by atoms with van der Waals surface area (Å²) in [5, 5.41) is 3.27. The second kappa shape index (κ2) is 6.41. The Bertz CT molecular complexity index is 566. The summed E-state index contributed by atoms with van der Waals surface area (Å²) < 4.78 is 11.0. The van der Waals surface area contributed by atoms with Crippen molar-refractivity contribution in [3.05, 3.63) is 35.4 Å². The maximum absolute atomic E-state index is 5.54. The highest BCUT2D eigenvalue weighted by molar-refractivity contribution is 5.34. The zero-order valence-electron chi connectivity index (χ0n) is 12.4. The summed E-state index contributed by atoms with van der Waals surface area (Å²) in [5.74, 6) is 2.98. The molecular weight excluding hydrogens is 254 g/mol.